The lowest BCUT2D eigenvalue weighted by atomic mass is 10.1. The van der Waals surface area contributed by atoms with E-state index in [1.807, 2.05) is 26.8 Å². The third kappa shape index (κ3) is 3.90. The number of hydrogen-bond acceptors (Lipinski definition) is 4. The molecule has 0 spiro atoms. The van der Waals surface area contributed by atoms with Crippen LogP contribution >= 0.6 is 15.9 Å². The lowest BCUT2D eigenvalue weighted by molar-refractivity contribution is -0.122. The Morgan fingerprint density at radius 1 is 1.29 bits per heavy atom. The van der Waals surface area contributed by atoms with Crippen molar-refractivity contribution in [2.24, 2.45) is 0 Å². The summed E-state index contributed by atoms with van der Waals surface area (Å²) in [6.07, 6.45) is 1.63. The summed E-state index contributed by atoms with van der Waals surface area (Å²) in [4.78, 5) is 25.0. The summed E-state index contributed by atoms with van der Waals surface area (Å²) in [5, 5.41) is 2.58. The van der Waals surface area contributed by atoms with Crippen molar-refractivity contribution in [3.63, 3.8) is 0 Å². The number of carbonyl (C=O) groups is 2. The highest BCUT2D eigenvalue weighted by molar-refractivity contribution is 9.10. The Labute approximate surface area is 149 Å². The Kier molecular flexibility index (Phi) is 5.88. The number of carbonyl (C=O) groups excluding carboxylic acids is 2. The van der Waals surface area contributed by atoms with Crippen LogP contribution in [0.25, 0.3) is 6.08 Å². The molecule has 6 nitrogen and oxygen atoms in total. The van der Waals surface area contributed by atoms with E-state index in [9.17, 15) is 9.59 Å². The van der Waals surface area contributed by atoms with Crippen LogP contribution in [0.3, 0.4) is 0 Å². The van der Waals surface area contributed by atoms with E-state index in [1.165, 1.54) is 0 Å². The van der Waals surface area contributed by atoms with Crippen molar-refractivity contribution in [1.29, 1.82) is 0 Å². The van der Waals surface area contributed by atoms with Gasteiger partial charge in [0, 0.05) is 6.54 Å². The Morgan fingerprint density at radius 3 is 2.54 bits per heavy atom. The van der Waals surface area contributed by atoms with E-state index >= 15 is 0 Å². The van der Waals surface area contributed by atoms with Gasteiger partial charge >= 0.3 is 6.03 Å². The summed E-state index contributed by atoms with van der Waals surface area (Å²) < 4.78 is 12.2. The second kappa shape index (κ2) is 7.70. The maximum atomic E-state index is 12.2. The molecule has 1 saturated heterocycles. The van der Waals surface area contributed by atoms with Crippen LogP contribution in [-0.2, 0) is 4.79 Å². The van der Waals surface area contributed by atoms with E-state index in [0.29, 0.717) is 24.7 Å². The number of ether oxygens (including phenoxy) is 2. The predicted octanol–water partition coefficient (Wildman–Crippen LogP) is 3.55. The zero-order valence-electron chi connectivity index (χ0n) is 14.2. The number of hydrogen-bond donors (Lipinski definition) is 1. The largest absolute Gasteiger partial charge is 0.490 e. The van der Waals surface area contributed by atoms with Crippen LogP contribution in [0.4, 0.5) is 4.79 Å². The smallest absolute Gasteiger partial charge is 0.328 e. The Balaban J connectivity index is 2.40. The predicted molar refractivity (Wildman–Crippen MR) is 95.0 cm³/mol. The topological polar surface area (TPSA) is 67.9 Å². The molecule has 3 amide bonds. The monoisotopic (exact) mass is 396 g/mol. The van der Waals surface area contributed by atoms with Gasteiger partial charge in [0.05, 0.1) is 17.2 Å². The van der Waals surface area contributed by atoms with Crippen LogP contribution < -0.4 is 14.8 Å². The molecule has 1 fully saturated rings. The lowest BCUT2D eigenvalue weighted by Crippen LogP contribution is -2.30. The van der Waals surface area contributed by atoms with Gasteiger partial charge in [-0.2, -0.15) is 0 Å². The third-order valence-corrected chi connectivity index (χ3v) is 3.86. The van der Waals surface area contributed by atoms with Crippen molar-refractivity contribution in [3.05, 3.63) is 27.9 Å². The van der Waals surface area contributed by atoms with E-state index in [2.05, 4.69) is 21.2 Å². The molecule has 0 unspecified atom stereocenters. The fourth-order valence-electron chi connectivity index (χ4n) is 2.31. The number of benzene rings is 1. The second-order valence-electron chi connectivity index (χ2n) is 5.47. The number of likely N-dealkylation sites (N-methyl/N-ethyl adjacent to an activating group) is 1. The summed E-state index contributed by atoms with van der Waals surface area (Å²) in [7, 11) is 0. The van der Waals surface area contributed by atoms with E-state index in [4.69, 9.17) is 9.47 Å². The van der Waals surface area contributed by atoms with Gasteiger partial charge in [0.1, 0.15) is 5.70 Å². The van der Waals surface area contributed by atoms with E-state index in [-0.39, 0.29) is 17.7 Å². The molecular formula is C17H21BrN2O4. The van der Waals surface area contributed by atoms with Crippen LogP contribution in [0.2, 0.25) is 0 Å². The van der Waals surface area contributed by atoms with Crippen LogP contribution in [0, 0.1) is 0 Å². The first-order chi connectivity index (χ1) is 11.4. The summed E-state index contributed by atoms with van der Waals surface area (Å²) in [5.74, 6) is 0.863. The first-order valence-electron chi connectivity index (χ1n) is 7.84. The maximum absolute atomic E-state index is 12.2. The van der Waals surface area contributed by atoms with Crippen molar-refractivity contribution in [1.82, 2.24) is 10.2 Å². The van der Waals surface area contributed by atoms with Crippen molar-refractivity contribution in [2.45, 2.75) is 33.8 Å². The van der Waals surface area contributed by atoms with Gasteiger partial charge in [-0.25, -0.2) is 4.79 Å². The Bertz CT molecular complexity index is 685. The number of amides is 3. The van der Waals surface area contributed by atoms with Crippen LogP contribution in [0.1, 0.15) is 33.3 Å². The van der Waals surface area contributed by atoms with Gasteiger partial charge in [-0.05, 0) is 67.4 Å². The van der Waals surface area contributed by atoms with Gasteiger partial charge < -0.3 is 14.8 Å². The molecule has 1 N–H and O–H groups in total. The summed E-state index contributed by atoms with van der Waals surface area (Å²) >= 11 is 3.48. The van der Waals surface area contributed by atoms with Crippen molar-refractivity contribution < 1.29 is 19.1 Å². The highest BCUT2D eigenvalue weighted by Crippen LogP contribution is 2.38. The molecule has 1 aliphatic rings. The molecule has 1 aliphatic heterocycles. The van der Waals surface area contributed by atoms with E-state index in [0.717, 1.165) is 14.9 Å². The minimum Gasteiger partial charge on any atom is -0.490 e. The van der Waals surface area contributed by atoms with Gasteiger partial charge in [0.25, 0.3) is 5.91 Å². The average molecular weight is 397 g/mol. The minimum atomic E-state index is -0.405. The first kappa shape index (κ1) is 18.3. The molecule has 0 radical (unpaired) electrons. The molecule has 1 aromatic rings. The van der Waals surface area contributed by atoms with E-state index < -0.39 is 6.03 Å². The van der Waals surface area contributed by atoms with E-state index in [1.54, 1.807) is 19.1 Å². The average Bonchev–Trinajstić information content (AvgIpc) is 2.76. The number of urea groups is 1. The first-order valence-corrected chi connectivity index (χ1v) is 8.64. The number of nitrogens with one attached hydrogen (secondary N) is 1. The molecule has 130 valence electrons. The molecular weight excluding hydrogens is 376 g/mol. The van der Waals surface area contributed by atoms with Crippen LogP contribution in [0.5, 0.6) is 11.5 Å². The van der Waals surface area contributed by atoms with Gasteiger partial charge in [0.2, 0.25) is 0 Å². The highest BCUT2D eigenvalue weighted by Gasteiger charge is 2.32. The summed E-state index contributed by atoms with van der Waals surface area (Å²) in [6, 6.07) is 3.20. The van der Waals surface area contributed by atoms with Gasteiger partial charge in [-0.3, -0.25) is 9.69 Å². The van der Waals surface area contributed by atoms with Crippen molar-refractivity contribution in [2.75, 3.05) is 13.2 Å². The quantitative estimate of drug-likeness (QED) is 0.589. The van der Waals surface area contributed by atoms with Gasteiger partial charge in [-0.15, -0.1) is 0 Å². The van der Waals surface area contributed by atoms with Crippen molar-refractivity contribution >= 4 is 33.9 Å². The number of imide groups is 1. The Hall–Kier alpha value is -2.02. The molecule has 2 rings (SSSR count). The minimum absolute atomic E-state index is 0.00137. The Morgan fingerprint density at radius 2 is 2.00 bits per heavy atom. The second-order valence-corrected chi connectivity index (χ2v) is 6.32. The molecule has 0 saturated carbocycles. The molecule has 24 heavy (non-hydrogen) atoms. The molecule has 1 aromatic carbocycles. The fraction of sp³-hybridized carbons (Fsp3) is 0.412. The van der Waals surface area contributed by atoms with Crippen molar-refractivity contribution in [3.8, 4) is 11.5 Å². The third-order valence-electron chi connectivity index (χ3n) is 3.27. The molecule has 0 bridgehead atoms. The number of halogens is 1. The SMILES string of the molecule is CCOc1cc(/C=C2/NC(=O)N(CC)C2=O)cc(Br)c1OC(C)C. The van der Waals surface area contributed by atoms with Crippen LogP contribution in [0.15, 0.2) is 22.3 Å². The zero-order valence-corrected chi connectivity index (χ0v) is 15.8. The standard InChI is InChI=1S/C17H21BrN2O4/c1-5-20-16(21)13(19-17(20)22)8-11-7-12(18)15(24-10(3)4)14(9-11)23-6-2/h7-10H,5-6H2,1-4H3,(H,19,22)/b13-8+. The summed E-state index contributed by atoms with van der Waals surface area (Å²) in [6.45, 7) is 8.33. The molecule has 0 aliphatic carbocycles. The number of nitrogens with zero attached hydrogens (tertiary/aromatic N) is 1. The normalized spacial score (nSPS) is 16.1. The lowest BCUT2D eigenvalue weighted by Gasteiger charge is -2.17. The molecule has 0 aromatic heterocycles. The molecule has 1 heterocycles. The maximum Gasteiger partial charge on any atom is 0.328 e. The van der Waals surface area contributed by atoms with Crippen LogP contribution in [-0.4, -0.2) is 36.1 Å². The number of rotatable bonds is 6. The van der Waals surface area contributed by atoms with Gasteiger partial charge in [0.15, 0.2) is 11.5 Å². The zero-order chi connectivity index (χ0) is 17.9. The molecule has 7 heteroatoms. The van der Waals surface area contributed by atoms with Gasteiger partial charge in [-0.1, -0.05) is 0 Å². The summed E-state index contributed by atoms with van der Waals surface area (Å²) in [5.41, 5.74) is 0.969. The highest BCUT2D eigenvalue weighted by atomic mass is 79.9. The molecule has 0 atom stereocenters. The fourth-order valence-corrected chi connectivity index (χ4v) is 2.86.